The number of sulfonamides is 1. The van der Waals surface area contributed by atoms with E-state index in [1.54, 1.807) is 0 Å². The van der Waals surface area contributed by atoms with E-state index >= 15 is 0 Å². The van der Waals surface area contributed by atoms with Crippen molar-refractivity contribution < 1.29 is 18.3 Å². The van der Waals surface area contributed by atoms with Crippen molar-refractivity contribution >= 4 is 16.0 Å². The molecule has 1 aromatic rings. The molecule has 0 unspecified atom stereocenters. The molecule has 7 heteroatoms. The van der Waals surface area contributed by atoms with Gasteiger partial charge >= 0.3 is 5.97 Å². The van der Waals surface area contributed by atoms with E-state index in [-0.39, 0.29) is 23.3 Å². The van der Waals surface area contributed by atoms with Gasteiger partial charge in [-0.05, 0) is 24.0 Å². The van der Waals surface area contributed by atoms with Gasteiger partial charge in [0.2, 0.25) is 10.0 Å². The van der Waals surface area contributed by atoms with E-state index < -0.39 is 16.0 Å². The summed E-state index contributed by atoms with van der Waals surface area (Å²) in [5, 5.41) is 8.84. The van der Waals surface area contributed by atoms with Gasteiger partial charge in [-0.3, -0.25) is 4.98 Å². The molecule has 20 heavy (non-hydrogen) atoms. The molecule has 0 spiro atoms. The van der Waals surface area contributed by atoms with E-state index in [1.165, 1.54) is 18.3 Å². The third-order valence-corrected chi connectivity index (χ3v) is 3.98. The monoisotopic (exact) mass is 300 g/mol. The highest BCUT2D eigenvalue weighted by Crippen LogP contribution is 2.18. The molecule has 0 radical (unpaired) electrons. The summed E-state index contributed by atoms with van der Waals surface area (Å²) < 4.78 is 26.1. The van der Waals surface area contributed by atoms with E-state index in [9.17, 15) is 13.2 Å². The van der Waals surface area contributed by atoms with Crippen LogP contribution in [0.4, 0.5) is 0 Å². The molecule has 0 fully saturated rings. The van der Waals surface area contributed by atoms with Gasteiger partial charge in [0.05, 0.1) is 23.6 Å². The minimum absolute atomic E-state index is 0.00635. The minimum atomic E-state index is -3.38. The Kier molecular flexibility index (Phi) is 5.24. The molecule has 6 nitrogen and oxygen atoms in total. The molecular weight excluding hydrogens is 280 g/mol. The van der Waals surface area contributed by atoms with Crippen LogP contribution in [-0.2, 0) is 16.6 Å². The smallest absolute Gasteiger partial charge is 0.335 e. The summed E-state index contributed by atoms with van der Waals surface area (Å²) in [6.07, 6.45) is 1.90. The molecule has 1 rings (SSSR count). The highest BCUT2D eigenvalue weighted by molar-refractivity contribution is 7.89. The second-order valence-corrected chi connectivity index (χ2v) is 7.72. The van der Waals surface area contributed by atoms with Crippen molar-refractivity contribution in [2.45, 2.75) is 33.7 Å². The quantitative estimate of drug-likeness (QED) is 0.832. The molecule has 0 amide bonds. The van der Waals surface area contributed by atoms with Crippen molar-refractivity contribution in [2.24, 2.45) is 5.41 Å². The first-order valence-electron chi connectivity index (χ1n) is 6.25. The second kappa shape index (κ2) is 6.32. The maximum Gasteiger partial charge on any atom is 0.335 e. The fraction of sp³-hybridized carbons (Fsp3) is 0.538. The SMILES string of the molecule is CC(C)(C)CCS(=O)(=O)NCc1cc(C(=O)O)ccn1. The van der Waals surface area contributed by atoms with Crippen LogP contribution in [0.3, 0.4) is 0 Å². The molecule has 0 aliphatic rings. The standard InChI is InChI=1S/C13H20N2O4S/c1-13(2,3)5-7-20(18,19)15-9-11-8-10(12(16)17)4-6-14-11/h4,6,8,15H,5,7,9H2,1-3H3,(H,16,17). The zero-order chi connectivity index (χ0) is 15.4. The van der Waals surface area contributed by atoms with Crippen molar-refractivity contribution in [1.82, 2.24) is 9.71 Å². The van der Waals surface area contributed by atoms with Crippen LogP contribution in [0.25, 0.3) is 0 Å². The van der Waals surface area contributed by atoms with Crippen LogP contribution < -0.4 is 4.72 Å². The van der Waals surface area contributed by atoms with Gasteiger partial charge in [-0.15, -0.1) is 0 Å². The number of hydrogen-bond donors (Lipinski definition) is 2. The van der Waals surface area contributed by atoms with Crippen LogP contribution >= 0.6 is 0 Å². The van der Waals surface area contributed by atoms with E-state index in [4.69, 9.17) is 5.11 Å². The zero-order valence-electron chi connectivity index (χ0n) is 11.9. The number of nitrogens with one attached hydrogen (secondary N) is 1. The summed E-state index contributed by atoms with van der Waals surface area (Å²) in [6, 6.07) is 2.72. The normalized spacial score (nSPS) is 12.3. The summed E-state index contributed by atoms with van der Waals surface area (Å²) in [5.41, 5.74) is 0.407. The number of hydrogen-bond acceptors (Lipinski definition) is 4. The number of carboxylic acids is 1. The first-order valence-corrected chi connectivity index (χ1v) is 7.90. The first-order chi connectivity index (χ1) is 9.09. The lowest BCUT2D eigenvalue weighted by molar-refractivity contribution is 0.0696. The molecule has 0 saturated heterocycles. The third-order valence-electron chi connectivity index (χ3n) is 2.66. The van der Waals surface area contributed by atoms with Crippen LogP contribution in [0.1, 0.15) is 43.2 Å². The highest BCUT2D eigenvalue weighted by atomic mass is 32.2. The van der Waals surface area contributed by atoms with Gasteiger partial charge in [-0.25, -0.2) is 17.9 Å². The number of carboxylic acid groups (broad SMARTS) is 1. The maximum atomic E-state index is 11.8. The number of pyridine rings is 1. The zero-order valence-corrected chi connectivity index (χ0v) is 12.7. The Balaban J connectivity index is 2.62. The highest BCUT2D eigenvalue weighted by Gasteiger charge is 2.17. The van der Waals surface area contributed by atoms with E-state index in [0.717, 1.165) is 0 Å². The summed E-state index contributed by atoms with van der Waals surface area (Å²) in [6.45, 7) is 5.91. The van der Waals surface area contributed by atoms with E-state index in [0.29, 0.717) is 12.1 Å². The average Bonchev–Trinajstić information content (AvgIpc) is 2.34. The van der Waals surface area contributed by atoms with Gasteiger partial charge in [0.25, 0.3) is 0 Å². The molecule has 112 valence electrons. The van der Waals surface area contributed by atoms with Gasteiger partial charge in [0.15, 0.2) is 0 Å². The lowest BCUT2D eigenvalue weighted by Gasteiger charge is -2.17. The van der Waals surface area contributed by atoms with Gasteiger partial charge in [-0.1, -0.05) is 20.8 Å². The Hall–Kier alpha value is -1.47. The molecule has 0 aromatic carbocycles. The van der Waals surface area contributed by atoms with Gasteiger partial charge in [0, 0.05) is 6.20 Å². The van der Waals surface area contributed by atoms with E-state index in [1.807, 2.05) is 20.8 Å². The fourth-order valence-corrected chi connectivity index (χ4v) is 2.80. The van der Waals surface area contributed by atoms with Crippen molar-refractivity contribution in [3.63, 3.8) is 0 Å². The predicted molar refractivity (Wildman–Crippen MR) is 75.9 cm³/mol. The number of aromatic nitrogens is 1. The Labute approximate surface area is 119 Å². The number of nitrogens with zero attached hydrogens (tertiary/aromatic N) is 1. The summed E-state index contributed by atoms with van der Waals surface area (Å²) in [4.78, 5) is 14.7. The molecule has 0 bridgehead atoms. The van der Waals surface area contributed by atoms with Crippen molar-refractivity contribution in [1.29, 1.82) is 0 Å². The molecular formula is C13H20N2O4S. The Morgan fingerprint density at radius 2 is 2.05 bits per heavy atom. The van der Waals surface area contributed by atoms with E-state index in [2.05, 4.69) is 9.71 Å². The summed E-state index contributed by atoms with van der Waals surface area (Å²) in [7, 11) is -3.38. The van der Waals surface area contributed by atoms with Crippen LogP contribution in [0.2, 0.25) is 0 Å². The molecule has 0 atom stereocenters. The summed E-state index contributed by atoms with van der Waals surface area (Å²) in [5.74, 6) is -1.03. The van der Waals surface area contributed by atoms with Crippen LogP contribution in [0.15, 0.2) is 18.3 Å². The van der Waals surface area contributed by atoms with Crippen LogP contribution in [0.5, 0.6) is 0 Å². The van der Waals surface area contributed by atoms with Gasteiger partial charge < -0.3 is 5.11 Å². The van der Waals surface area contributed by atoms with Crippen LogP contribution in [-0.4, -0.2) is 30.2 Å². The predicted octanol–water partition coefficient (Wildman–Crippen LogP) is 1.64. The van der Waals surface area contributed by atoms with Gasteiger partial charge in [-0.2, -0.15) is 0 Å². The Morgan fingerprint density at radius 3 is 2.60 bits per heavy atom. The first kappa shape index (κ1) is 16.6. The lowest BCUT2D eigenvalue weighted by atomic mass is 9.94. The van der Waals surface area contributed by atoms with Crippen molar-refractivity contribution in [2.75, 3.05) is 5.75 Å². The molecule has 2 N–H and O–H groups in total. The molecule has 1 aromatic heterocycles. The van der Waals surface area contributed by atoms with Crippen LogP contribution in [0, 0.1) is 5.41 Å². The number of rotatable bonds is 6. The molecule has 0 saturated carbocycles. The second-order valence-electron chi connectivity index (χ2n) is 5.79. The Bertz CT molecular complexity index is 576. The summed E-state index contributed by atoms with van der Waals surface area (Å²) >= 11 is 0. The minimum Gasteiger partial charge on any atom is -0.478 e. The van der Waals surface area contributed by atoms with Crippen molar-refractivity contribution in [3.05, 3.63) is 29.6 Å². The lowest BCUT2D eigenvalue weighted by Crippen LogP contribution is -2.28. The van der Waals surface area contributed by atoms with Gasteiger partial charge in [0.1, 0.15) is 0 Å². The molecule has 1 heterocycles. The maximum absolute atomic E-state index is 11.8. The molecule has 0 aliphatic heterocycles. The largest absolute Gasteiger partial charge is 0.478 e. The Morgan fingerprint density at radius 1 is 1.40 bits per heavy atom. The molecule has 0 aliphatic carbocycles. The van der Waals surface area contributed by atoms with Crippen molar-refractivity contribution in [3.8, 4) is 0 Å². The number of aromatic carboxylic acids is 1. The average molecular weight is 300 g/mol. The topological polar surface area (TPSA) is 96.4 Å². The third kappa shape index (κ3) is 6.12. The fourth-order valence-electron chi connectivity index (χ4n) is 1.40. The number of carbonyl (C=O) groups is 1.